The molecule has 32 heavy (non-hydrogen) atoms. The molecule has 0 spiro atoms. The monoisotopic (exact) mass is 439 g/mol. The number of esters is 1. The van der Waals surface area contributed by atoms with Gasteiger partial charge in [-0.05, 0) is 64.1 Å². The Hall–Kier alpha value is -3.42. The van der Waals surface area contributed by atoms with Crippen molar-refractivity contribution in [2.45, 2.75) is 52.2 Å². The van der Waals surface area contributed by atoms with E-state index in [0.29, 0.717) is 42.9 Å². The lowest BCUT2D eigenvalue weighted by molar-refractivity contribution is -0.00341. The van der Waals surface area contributed by atoms with Crippen LogP contribution in [0.3, 0.4) is 0 Å². The SMILES string of the molecule is Cc1cccc(C(=O)Nc2ccc(C(=O)OC3CCN(C(=O)OC(C)(C)C)CC3)cc2)n1. The number of carbonyl (C=O) groups excluding carboxylic acids is 3. The van der Waals surface area contributed by atoms with Gasteiger partial charge < -0.3 is 19.7 Å². The molecule has 3 rings (SSSR count). The number of pyridine rings is 1. The Morgan fingerprint density at radius 3 is 2.28 bits per heavy atom. The van der Waals surface area contributed by atoms with E-state index < -0.39 is 11.6 Å². The maximum Gasteiger partial charge on any atom is 0.410 e. The molecule has 1 saturated heterocycles. The number of hydrogen-bond acceptors (Lipinski definition) is 6. The number of piperidine rings is 1. The van der Waals surface area contributed by atoms with E-state index in [1.807, 2.05) is 33.8 Å². The first-order valence-electron chi connectivity index (χ1n) is 10.6. The largest absolute Gasteiger partial charge is 0.459 e. The normalized spacial score (nSPS) is 14.6. The molecule has 0 bridgehead atoms. The van der Waals surface area contributed by atoms with Crippen molar-refractivity contribution < 1.29 is 23.9 Å². The smallest absolute Gasteiger partial charge is 0.410 e. The molecular weight excluding hydrogens is 410 g/mol. The van der Waals surface area contributed by atoms with Crippen LogP contribution < -0.4 is 5.32 Å². The minimum Gasteiger partial charge on any atom is -0.459 e. The summed E-state index contributed by atoms with van der Waals surface area (Å²) in [7, 11) is 0. The average Bonchev–Trinajstić information content (AvgIpc) is 2.73. The first-order chi connectivity index (χ1) is 15.1. The van der Waals surface area contributed by atoms with Gasteiger partial charge in [0.1, 0.15) is 17.4 Å². The number of amides is 2. The highest BCUT2D eigenvalue weighted by Gasteiger charge is 2.28. The van der Waals surface area contributed by atoms with Crippen molar-refractivity contribution >= 4 is 23.7 Å². The molecule has 8 heteroatoms. The van der Waals surface area contributed by atoms with Gasteiger partial charge in [0.05, 0.1) is 5.56 Å². The molecule has 2 heterocycles. The van der Waals surface area contributed by atoms with Crippen LogP contribution in [0.1, 0.15) is 60.2 Å². The number of aryl methyl sites for hydroxylation is 1. The Morgan fingerprint density at radius 1 is 1.03 bits per heavy atom. The van der Waals surface area contributed by atoms with Crippen molar-refractivity contribution in [3.63, 3.8) is 0 Å². The lowest BCUT2D eigenvalue weighted by Gasteiger charge is -2.33. The number of nitrogens with zero attached hydrogens (tertiary/aromatic N) is 2. The van der Waals surface area contributed by atoms with E-state index in [2.05, 4.69) is 10.3 Å². The summed E-state index contributed by atoms with van der Waals surface area (Å²) in [6, 6.07) is 11.7. The molecule has 0 radical (unpaired) electrons. The zero-order valence-corrected chi connectivity index (χ0v) is 18.9. The quantitative estimate of drug-likeness (QED) is 0.717. The number of nitrogens with one attached hydrogen (secondary N) is 1. The van der Waals surface area contributed by atoms with Crippen LogP contribution in [0.15, 0.2) is 42.5 Å². The van der Waals surface area contributed by atoms with Gasteiger partial charge in [-0.15, -0.1) is 0 Å². The van der Waals surface area contributed by atoms with Gasteiger partial charge in [0.25, 0.3) is 5.91 Å². The van der Waals surface area contributed by atoms with E-state index >= 15 is 0 Å². The molecular formula is C24H29N3O5. The summed E-state index contributed by atoms with van der Waals surface area (Å²) >= 11 is 0. The van der Waals surface area contributed by atoms with Crippen molar-refractivity contribution in [1.82, 2.24) is 9.88 Å². The van der Waals surface area contributed by atoms with Crippen molar-refractivity contribution in [2.24, 2.45) is 0 Å². The highest BCUT2D eigenvalue weighted by Crippen LogP contribution is 2.19. The summed E-state index contributed by atoms with van der Waals surface area (Å²) < 4.78 is 11.0. The van der Waals surface area contributed by atoms with Crippen molar-refractivity contribution in [3.8, 4) is 0 Å². The summed E-state index contributed by atoms with van der Waals surface area (Å²) in [6.07, 6.45) is 0.513. The van der Waals surface area contributed by atoms with Gasteiger partial charge >= 0.3 is 12.1 Å². The van der Waals surface area contributed by atoms with Gasteiger partial charge in [-0.25, -0.2) is 14.6 Å². The molecule has 0 aliphatic carbocycles. The molecule has 1 N–H and O–H groups in total. The molecule has 0 atom stereocenters. The number of hydrogen-bond donors (Lipinski definition) is 1. The van der Waals surface area contributed by atoms with E-state index in [1.165, 1.54) is 0 Å². The van der Waals surface area contributed by atoms with Crippen LogP contribution in [-0.2, 0) is 9.47 Å². The topological polar surface area (TPSA) is 97.8 Å². The third-order valence-electron chi connectivity index (χ3n) is 4.87. The van der Waals surface area contributed by atoms with Crippen LogP contribution in [-0.4, -0.2) is 52.6 Å². The fourth-order valence-electron chi connectivity index (χ4n) is 3.26. The first kappa shape index (κ1) is 23.2. The lowest BCUT2D eigenvalue weighted by atomic mass is 10.1. The van der Waals surface area contributed by atoms with E-state index in [4.69, 9.17) is 9.47 Å². The number of ether oxygens (including phenoxy) is 2. The van der Waals surface area contributed by atoms with E-state index in [-0.39, 0.29) is 18.1 Å². The van der Waals surface area contributed by atoms with Gasteiger partial charge in [0, 0.05) is 37.3 Å². The number of aromatic nitrogens is 1. The molecule has 0 saturated carbocycles. The molecule has 1 aromatic heterocycles. The second-order valence-electron chi connectivity index (χ2n) is 8.77. The van der Waals surface area contributed by atoms with Gasteiger partial charge in [-0.1, -0.05) is 6.07 Å². The predicted octanol–water partition coefficient (Wildman–Crippen LogP) is 4.20. The van der Waals surface area contributed by atoms with E-state index in [9.17, 15) is 14.4 Å². The maximum atomic E-state index is 12.5. The number of likely N-dealkylation sites (tertiary alicyclic amines) is 1. The molecule has 0 unspecified atom stereocenters. The minimum absolute atomic E-state index is 0.257. The van der Waals surface area contributed by atoms with Crippen molar-refractivity contribution in [2.75, 3.05) is 18.4 Å². The second kappa shape index (κ2) is 9.80. The molecule has 1 aromatic carbocycles. The molecule has 1 aliphatic rings. The number of carbonyl (C=O) groups is 3. The Labute approximate surface area is 187 Å². The zero-order chi connectivity index (χ0) is 23.3. The Balaban J connectivity index is 1.49. The average molecular weight is 440 g/mol. The van der Waals surface area contributed by atoms with Gasteiger partial charge in [-0.2, -0.15) is 0 Å². The van der Waals surface area contributed by atoms with E-state index in [1.54, 1.807) is 41.3 Å². The van der Waals surface area contributed by atoms with Gasteiger partial charge in [0.2, 0.25) is 0 Å². The Morgan fingerprint density at radius 2 is 1.69 bits per heavy atom. The molecule has 1 fully saturated rings. The van der Waals surface area contributed by atoms with Gasteiger partial charge in [0.15, 0.2) is 0 Å². The fraction of sp³-hybridized carbons (Fsp3) is 0.417. The second-order valence-corrected chi connectivity index (χ2v) is 8.77. The summed E-state index contributed by atoms with van der Waals surface area (Å²) in [6.45, 7) is 8.26. The third kappa shape index (κ3) is 6.54. The van der Waals surface area contributed by atoms with Gasteiger partial charge in [-0.3, -0.25) is 4.79 Å². The zero-order valence-electron chi connectivity index (χ0n) is 18.9. The summed E-state index contributed by atoms with van der Waals surface area (Å²) in [4.78, 5) is 42.8. The molecule has 1 aliphatic heterocycles. The number of benzene rings is 1. The highest BCUT2D eigenvalue weighted by atomic mass is 16.6. The number of anilines is 1. The van der Waals surface area contributed by atoms with Crippen LogP contribution in [0.25, 0.3) is 0 Å². The highest BCUT2D eigenvalue weighted by molar-refractivity contribution is 6.03. The lowest BCUT2D eigenvalue weighted by Crippen LogP contribution is -2.43. The maximum absolute atomic E-state index is 12.5. The van der Waals surface area contributed by atoms with E-state index in [0.717, 1.165) is 5.69 Å². The molecule has 170 valence electrons. The van der Waals surface area contributed by atoms with Crippen molar-refractivity contribution in [3.05, 3.63) is 59.4 Å². The van der Waals surface area contributed by atoms with Crippen LogP contribution >= 0.6 is 0 Å². The summed E-state index contributed by atoms with van der Waals surface area (Å²) in [5, 5.41) is 2.76. The third-order valence-corrected chi connectivity index (χ3v) is 4.87. The van der Waals surface area contributed by atoms with Crippen molar-refractivity contribution in [1.29, 1.82) is 0 Å². The van der Waals surface area contributed by atoms with Crippen LogP contribution in [0.4, 0.5) is 10.5 Å². The summed E-state index contributed by atoms with van der Waals surface area (Å²) in [5.74, 6) is -0.750. The Bertz CT molecular complexity index is 974. The summed E-state index contributed by atoms with van der Waals surface area (Å²) in [5.41, 5.74) is 1.49. The predicted molar refractivity (Wildman–Crippen MR) is 120 cm³/mol. The minimum atomic E-state index is -0.539. The fourth-order valence-corrected chi connectivity index (χ4v) is 3.26. The molecule has 8 nitrogen and oxygen atoms in total. The van der Waals surface area contributed by atoms with Crippen LogP contribution in [0, 0.1) is 6.92 Å². The first-order valence-corrected chi connectivity index (χ1v) is 10.6. The molecule has 2 amide bonds. The molecule has 2 aromatic rings. The number of rotatable bonds is 4. The van der Waals surface area contributed by atoms with Crippen LogP contribution in [0.2, 0.25) is 0 Å². The van der Waals surface area contributed by atoms with Crippen LogP contribution in [0.5, 0.6) is 0 Å². The Kier molecular flexibility index (Phi) is 7.12. The standard InChI is InChI=1S/C24H29N3O5/c1-16-6-5-7-20(25-16)21(28)26-18-10-8-17(9-11-18)22(29)31-19-12-14-27(15-13-19)23(30)32-24(2,3)4/h5-11,19H,12-15H2,1-4H3,(H,26,28).